The number of hydrogen-bond donors (Lipinski definition) is 3. The predicted molar refractivity (Wildman–Crippen MR) is 126 cm³/mol. The first-order valence-electron chi connectivity index (χ1n) is 11.0. The Kier molecular flexibility index (Phi) is 5.56. The molecule has 0 bridgehead atoms. The molecule has 3 N–H and O–H groups in total. The number of pyridine rings is 1. The van der Waals surface area contributed by atoms with Crippen LogP contribution in [-0.2, 0) is 0 Å². The van der Waals surface area contributed by atoms with Crippen LogP contribution in [0.2, 0.25) is 0 Å². The molecule has 3 heterocycles. The summed E-state index contributed by atoms with van der Waals surface area (Å²) in [5, 5.41) is 14.2. The van der Waals surface area contributed by atoms with Gasteiger partial charge in [-0.1, -0.05) is 29.8 Å². The maximum absolute atomic E-state index is 12.5. The molecule has 7 nitrogen and oxygen atoms in total. The van der Waals surface area contributed by atoms with Crippen LogP contribution in [0.15, 0.2) is 66.9 Å². The monoisotopic (exact) mass is 426 g/mol. The summed E-state index contributed by atoms with van der Waals surface area (Å²) in [5.41, 5.74) is 5.62. The predicted octanol–water partition coefficient (Wildman–Crippen LogP) is 3.93. The molecule has 2 aromatic carbocycles. The van der Waals surface area contributed by atoms with Crippen molar-refractivity contribution in [1.29, 1.82) is 0 Å². The lowest BCUT2D eigenvalue weighted by Gasteiger charge is -2.23. The lowest BCUT2D eigenvalue weighted by Crippen LogP contribution is -2.42. The van der Waals surface area contributed by atoms with E-state index in [-0.39, 0.29) is 11.9 Å². The molecule has 0 saturated carbocycles. The van der Waals surface area contributed by atoms with Crippen molar-refractivity contribution in [1.82, 2.24) is 25.2 Å². The van der Waals surface area contributed by atoms with Gasteiger partial charge < -0.3 is 16.0 Å². The highest BCUT2D eigenvalue weighted by atomic mass is 16.1. The van der Waals surface area contributed by atoms with Crippen LogP contribution >= 0.6 is 0 Å². The number of amides is 1. The zero-order valence-electron chi connectivity index (χ0n) is 18.0. The fourth-order valence-electron chi connectivity index (χ4n) is 3.99. The minimum absolute atomic E-state index is 0.0305. The average Bonchev–Trinajstić information content (AvgIpc) is 3.23. The molecular weight excluding hydrogens is 400 g/mol. The van der Waals surface area contributed by atoms with Gasteiger partial charge in [-0.2, -0.15) is 4.98 Å². The second-order valence-electron chi connectivity index (χ2n) is 8.19. The minimum Gasteiger partial charge on any atom is -0.349 e. The third-order valence-corrected chi connectivity index (χ3v) is 5.80. The molecule has 0 spiro atoms. The first kappa shape index (κ1) is 20.2. The Hall–Kier alpha value is -3.71. The van der Waals surface area contributed by atoms with Crippen molar-refractivity contribution in [3.05, 3.63) is 78.0 Å². The second-order valence-corrected chi connectivity index (χ2v) is 8.19. The van der Waals surface area contributed by atoms with E-state index < -0.39 is 0 Å². The molecule has 4 aromatic rings. The number of hydrogen-bond acceptors (Lipinski definition) is 5. The van der Waals surface area contributed by atoms with E-state index in [2.05, 4.69) is 52.2 Å². The first-order valence-corrected chi connectivity index (χ1v) is 11.0. The van der Waals surface area contributed by atoms with Gasteiger partial charge in [-0.05, 0) is 74.8 Å². The molecule has 1 aliphatic rings. The Morgan fingerprint density at radius 2 is 1.78 bits per heavy atom. The van der Waals surface area contributed by atoms with Crippen LogP contribution in [0.4, 0.5) is 11.6 Å². The van der Waals surface area contributed by atoms with E-state index >= 15 is 0 Å². The zero-order chi connectivity index (χ0) is 21.9. The Balaban J connectivity index is 1.31. The molecule has 1 aliphatic heterocycles. The Labute approximate surface area is 186 Å². The molecule has 1 fully saturated rings. The average molecular weight is 427 g/mol. The van der Waals surface area contributed by atoms with Gasteiger partial charge >= 0.3 is 0 Å². The zero-order valence-corrected chi connectivity index (χ0v) is 18.0. The lowest BCUT2D eigenvalue weighted by atomic mass is 10.1. The van der Waals surface area contributed by atoms with E-state index in [9.17, 15) is 4.79 Å². The maximum Gasteiger partial charge on any atom is 0.251 e. The number of piperidine rings is 1. The molecule has 32 heavy (non-hydrogen) atoms. The topological polar surface area (TPSA) is 83.3 Å². The molecule has 0 radical (unpaired) electrons. The van der Waals surface area contributed by atoms with Crippen molar-refractivity contribution in [2.24, 2.45) is 0 Å². The number of nitrogens with one attached hydrogen (secondary N) is 3. The first-order chi connectivity index (χ1) is 15.7. The number of anilines is 2. The highest BCUT2D eigenvalue weighted by molar-refractivity contribution is 5.94. The van der Waals surface area contributed by atoms with E-state index in [1.165, 1.54) is 5.56 Å². The van der Waals surface area contributed by atoms with Gasteiger partial charge in [-0.25, -0.2) is 4.52 Å². The minimum atomic E-state index is -0.0305. The van der Waals surface area contributed by atoms with Gasteiger partial charge in [-0.15, -0.1) is 5.10 Å². The van der Waals surface area contributed by atoms with E-state index in [1.807, 2.05) is 42.6 Å². The van der Waals surface area contributed by atoms with Crippen LogP contribution in [-0.4, -0.2) is 39.6 Å². The van der Waals surface area contributed by atoms with Gasteiger partial charge in [-0.3, -0.25) is 4.79 Å². The molecule has 1 amide bonds. The van der Waals surface area contributed by atoms with Crippen LogP contribution in [0.1, 0.15) is 28.8 Å². The summed E-state index contributed by atoms with van der Waals surface area (Å²) in [6.45, 7) is 3.97. The second kappa shape index (κ2) is 8.80. The van der Waals surface area contributed by atoms with Crippen molar-refractivity contribution in [2.45, 2.75) is 25.8 Å². The summed E-state index contributed by atoms with van der Waals surface area (Å²) in [6.07, 6.45) is 3.82. The normalized spacial score (nSPS) is 14.4. The number of carbonyl (C=O) groups is 1. The Morgan fingerprint density at radius 3 is 2.53 bits per heavy atom. The molecule has 7 heteroatoms. The summed E-state index contributed by atoms with van der Waals surface area (Å²) in [7, 11) is 0. The summed E-state index contributed by atoms with van der Waals surface area (Å²) in [4.78, 5) is 17.2. The van der Waals surface area contributed by atoms with Gasteiger partial charge in [0.15, 0.2) is 5.65 Å². The summed E-state index contributed by atoms with van der Waals surface area (Å²) >= 11 is 0. The van der Waals surface area contributed by atoms with Gasteiger partial charge in [0, 0.05) is 29.1 Å². The van der Waals surface area contributed by atoms with Crippen LogP contribution in [0.25, 0.3) is 16.8 Å². The maximum atomic E-state index is 12.5. The van der Waals surface area contributed by atoms with Crippen LogP contribution in [0, 0.1) is 6.92 Å². The molecule has 5 rings (SSSR count). The van der Waals surface area contributed by atoms with Gasteiger partial charge in [0.05, 0.1) is 0 Å². The molecule has 0 unspecified atom stereocenters. The third kappa shape index (κ3) is 4.33. The van der Waals surface area contributed by atoms with Crippen LogP contribution in [0.3, 0.4) is 0 Å². The third-order valence-electron chi connectivity index (χ3n) is 5.80. The molecule has 2 aromatic heterocycles. The van der Waals surface area contributed by atoms with E-state index in [0.717, 1.165) is 48.4 Å². The lowest BCUT2D eigenvalue weighted by molar-refractivity contribution is 0.0929. The fourth-order valence-corrected chi connectivity index (χ4v) is 3.99. The number of aromatic nitrogens is 3. The van der Waals surface area contributed by atoms with E-state index in [4.69, 9.17) is 4.98 Å². The summed E-state index contributed by atoms with van der Waals surface area (Å²) in [5.74, 6) is 0.480. The van der Waals surface area contributed by atoms with Crippen molar-refractivity contribution in [2.75, 3.05) is 18.4 Å². The van der Waals surface area contributed by atoms with Crippen molar-refractivity contribution in [3.63, 3.8) is 0 Å². The highest BCUT2D eigenvalue weighted by Gasteiger charge is 2.16. The SMILES string of the molecule is Cc1ccc(-c2cccn3nc(Nc4ccc(C(=O)NC5CCNCC5)cc4)nc23)cc1. The summed E-state index contributed by atoms with van der Waals surface area (Å²) in [6, 6.07) is 20.1. The molecule has 1 saturated heterocycles. The Bertz CT molecular complexity index is 1220. The highest BCUT2D eigenvalue weighted by Crippen LogP contribution is 2.25. The van der Waals surface area contributed by atoms with E-state index in [0.29, 0.717) is 11.5 Å². The van der Waals surface area contributed by atoms with Gasteiger partial charge in [0.1, 0.15) is 0 Å². The number of fused-ring (bicyclic) bond motifs is 1. The Morgan fingerprint density at radius 1 is 1.03 bits per heavy atom. The number of carbonyl (C=O) groups excluding carboxylic acids is 1. The van der Waals surface area contributed by atoms with Crippen molar-refractivity contribution < 1.29 is 4.79 Å². The molecular formula is C25H26N6O. The number of aryl methyl sites for hydroxylation is 1. The van der Waals surface area contributed by atoms with Gasteiger partial charge in [0.25, 0.3) is 5.91 Å². The van der Waals surface area contributed by atoms with Gasteiger partial charge in [0.2, 0.25) is 5.95 Å². The summed E-state index contributed by atoms with van der Waals surface area (Å²) < 4.78 is 1.78. The van der Waals surface area contributed by atoms with Crippen LogP contribution < -0.4 is 16.0 Å². The quantitative estimate of drug-likeness (QED) is 0.450. The molecule has 162 valence electrons. The standard InChI is InChI=1S/C25H26N6O/c1-17-4-6-18(7-5-17)22-3-2-16-31-23(22)29-25(30-31)28-20-10-8-19(9-11-20)24(32)27-21-12-14-26-15-13-21/h2-11,16,21,26H,12-15H2,1H3,(H,27,32)(H,28,30). The molecule has 0 aliphatic carbocycles. The van der Waals surface area contributed by atoms with Crippen molar-refractivity contribution in [3.8, 4) is 11.1 Å². The number of benzene rings is 2. The van der Waals surface area contributed by atoms with E-state index in [1.54, 1.807) is 4.52 Å². The smallest absolute Gasteiger partial charge is 0.251 e. The largest absolute Gasteiger partial charge is 0.349 e. The fraction of sp³-hybridized carbons (Fsp3) is 0.240. The number of nitrogens with zero attached hydrogens (tertiary/aromatic N) is 3. The number of rotatable bonds is 5. The van der Waals surface area contributed by atoms with Crippen molar-refractivity contribution >= 4 is 23.2 Å². The molecule has 0 atom stereocenters. The van der Waals surface area contributed by atoms with Crippen LogP contribution in [0.5, 0.6) is 0 Å².